The van der Waals surface area contributed by atoms with Gasteiger partial charge in [-0.05, 0) is 51.2 Å². The smallest absolute Gasteiger partial charge is 0.237 e. The monoisotopic (exact) mass is 239 g/mol. The average molecular weight is 239 g/mol. The van der Waals surface area contributed by atoms with Gasteiger partial charge in [-0.3, -0.25) is 9.69 Å². The van der Waals surface area contributed by atoms with Crippen molar-refractivity contribution in [2.45, 2.75) is 38.6 Å². The van der Waals surface area contributed by atoms with Gasteiger partial charge in [0.25, 0.3) is 0 Å². The number of nitrogens with one attached hydrogen (secondary N) is 2. The van der Waals surface area contributed by atoms with Gasteiger partial charge in [0.15, 0.2) is 0 Å². The predicted molar refractivity (Wildman–Crippen MR) is 68.9 cm³/mol. The molecule has 2 atom stereocenters. The molecule has 0 radical (unpaired) electrons. The SMILES string of the molecule is CCC1C(=O)NCCN1CCC1CCCNC1. The summed E-state index contributed by atoms with van der Waals surface area (Å²) in [7, 11) is 0. The lowest BCUT2D eigenvalue weighted by atomic mass is 9.95. The van der Waals surface area contributed by atoms with Crippen LogP contribution in [0, 0.1) is 5.92 Å². The lowest BCUT2D eigenvalue weighted by Gasteiger charge is -2.35. The van der Waals surface area contributed by atoms with Crippen LogP contribution in [0.25, 0.3) is 0 Å². The summed E-state index contributed by atoms with van der Waals surface area (Å²) in [5.41, 5.74) is 0. The summed E-state index contributed by atoms with van der Waals surface area (Å²) in [6.45, 7) is 7.36. The molecule has 2 unspecified atom stereocenters. The number of hydrogen-bond acceptors (Lipinski definition) is 3. The van der Waals surface area contributed by atoms with E-state index in [4.69, 9.17) is 0 Å². The summed E-state index contributed by atoms with van der Waals surface area (Å²) in [5.74, 6) is 1.03. The van der Waals surface area contributed by atoms with E-state index in [1.807, 2.05) is 0 Å². The molecule has 17 heavy (non-hydrogen) atoms. The predicted octanol–water partition coefficient (Wildman–Crippen LogP) is 0.587. The highest BCUT2D eigenvalue weighted by molar-refractivity contribution is 5.82. The molecule has 1 amide bonds. The lowest BCUT2D eigenvalue weighted by molar-refractivity contribution is -0.129. The summed E-state index contributed by atoms with van der Waals surface area (Å²) < 4.78 is 0. The van der Waals surface area contributed by atoms with Crippen molar-refractivity contribution >= 4 is 5.91 Å². The van der Waals surface area contributed by atoms with Crippen LogP contribution < -0.4 is 10.6 Å². The van der Waals surface area contributed by atoms with Gasteiger partial charge in [-0.2, -0.15) is 0 Å². The van der Waals surface area contributed by atoms with Gasteiger partial charge in [0.1, 0.15) is 0 Å². The van der Waals surface area contributed by atoms with Gasteiger partial charge in [-0.1, -0.05) is 6.92 Å². The summed E-state index contributed by atoms with van der Waals surface area (Å²) in [4.78, 5) is 14.1. The Morgan fingerprint density at radius 1 is 1.41 bits per heavy atom. The third kappa shape index (κ3) is 3.42. The van der Waals surface area contributed by atoms with Crippen molar-refractivity contribution in [3.63, 3.8) is 0 Å². The van der Waals surface area contributed by atoms with Crippen LogP contribution in [-0.2, 0) is 4.79 Å². The van der Waals surface area contributed by atoms with Crippen LogP contribution in [0.4, 0.5) is 0 Å². The van der Waals surface area contributed by atoms with Crippen molar-refractivity contribution in [1.29, 1.82) is 0 Å². The third-order valence-corrected chi connectivity index (χ3v) is 4.05. The Balaban J connectivity index is 1.78. The van der Waals surface area contributed by atoms with Gasteiger partial charge in [0.05, 0.1) is 6.04 Å². The van der Waals surface area contributed by atoms with E-state index in [2.05, 4.69) is 22.5 Å². The quantitative estimate of drug-likeness (QED) is 0.754. The number of carbonyl (C=O) groups excluding carboxylic acids is 1. The van der Waals surface area contributed by atoms with Crippen LogP contribution in [0.2, 0.25) is 0 Å². The van der Waals surface area contributed by atoms with Gasteiger partial charge < -0.3 is 10.6 Å². The Morgan fingerprint density at radius 3 is 3.00 bits per heavy atom. The lowest BCUT2D eigenvalue weighted by Crippen LogP contribution is -2.55. The second-order valence-electron chi connectivity index (χ2n) is 5.25. The molecule has 2 N–H and O–H groups in total. The fraction of sp³-hybridized carbons (Fsp3) is 0.923. The fourth-order valence-corrected chi connectivity index (χ4v) is 2.99. The second kappa shape index (κ2) is 6.36. The zero-order chi connectivity index (χ0) is 12.1. The zero-order valence-electron chi connectivity index (χ0n) is 10.9. The molecule has 0 spiro atoms. The molecule has 4 heteroatoms. The maximum Gasteiger partial charge on any atom is 0.237 e. The van der Waals surface area contributed by atoms with E-state index in [0.717, 1.165) is 38.5 Å². The summed E-state index contributed by atoms with van der Waals surface area (Å²) in [6, 6.07) is 0.111. The topological polar surface area (TPSA) is 44.4 Å². The Kier molecular flexibility index (Phi) is 4.80. The second-order valence-corrected chi connectivity index (χ2v) is 5.25. The summed E-state index contributed by atoms with van der Waals surface area (Å²) in [5, 5.41) is 6.42. The molecule has 2 aliphatic rings. The molecule has 2 heterocycles. The first-order chi connectivity index (χ1) is 8.31. The molecule has 0 bridgehead atoms. The molecule has 98 valence electrons. The molecule has 4 nitrogen and oxygen atoms in total. The fourth-order valence-electron chi connectivity index (χ4n) is 2.99. The van der Waals surface area contributed by atoms with E-state index >= 15 is 0 Å². The van der Waals surface area contributed by atoms with Crippen LogP contribution in [0.3, 0.4) is 0 Å². The van der Waals surface area contributed by atoms with Gasteiger partial charge >= 0.3 is 0 Å². The van der Waals surface area contributed by atoms with E-state index in [9.17, 15) is 4.79 Å². The van der Waals surface area contributed by atoms with Crippen LogP contribution >= 0.6 is 0 Å². The van der Waals surface area contributed by atoms with Crippen LogP contribution in [0.1, 0.15) is 32.6 Å². The number of piperazine rings is 1. The highest BCUT2D eigenvalue weighted by Gasteiger charge is 2.28. The van der Waals surface area contributed by atoms with E-state index in [-0.39, 0.29) is 11.9 Å². The van der Waals surface area contributed by atoms with Gasteiger partial charge in [0.2, 0.25) is 5.91 Å². The summed E-state index contributed by atoms with van der Waals surface area (Å²) in [6.07, 6.45) is 4.82. The third-order valence-electron chi connectivity index (χ3n) is 4.05. The molecule has 0 aromatic rings. The van der Waals surface area contributed by atoms with Crippen molar-refractivity contribution in [2.75, 3.05) is 32.7 Å². The Hall–Kier alpha value is -0.610. The average Bonchev–Trinajstić information content (AvgIpc) is 2.37. The number of rotatable bonds is 4. The van der Waals surface area contributed by atoms with Crippen LogP contribution in [-0.4, -0.2) is 49.6 Å². The first-order valence-corrected chi connectivity index (χ1v) is 7.03. The number of carbonyl (C=O) groups is 1. The number of piperidine rings is 1. The van der Waals surface area contributed by atoms with Crippen molar-refractivity contribution in [2.24, 2.45) is 5.92 Å². The van der Waals surface area contributed by atoms with Crippen molar-refractivity contribution in [1.82, 2.24) is 15.5 Å². The minimum atomic E-state index is 0.111. The van der Waals surface area contributed by atoms with Gasteiger partial charge in [0, 0.05) is 13.1 Å². The molecule has 0 aromatic heterocycles. The minimum absolute atomic E-state index is 0.111. The molecule has 0 aliphatic carbocycles. The summed E-state index contributed by atoms with van der Waals surface area (Å²) >= 11 is 0. The molecule has 2 aliphatic heterocycles. The highest BCUT2D eigenvalue weighted by atomic mass is 16.2. The molecule has 0 aromatic carbocycles. The van der Waals surface area contributed by atoms with Crippen molar-refractivity contribution in [3.8, 4) is 0 Å². The Bertz CT molecular complexity index is 251. The van der Waals surface area contributed by atoms with Gasteiger partial charge in [-0.15, -0.1) is 0 Å². The maximum absolute atomic E-state index is 11.7. The molecular formula is C13H25N3O. The first kappa shape index (κ1) is 12.8. The largest absolute Gasteiger partial charge is 0.353 e. The standard InChI is InChI=1S/C13H25N3O/c1-2-12-13(17)15-7-9-16(12)8-5-11-4-3-6-14-10-11/h11-12,14H,2-10H2,1H3,(H,15,17). The minimum Gasteiger partial charge on any atom is -0.353 e. The number of hydrogen-bond donors (Lipinski definition) is 2. The maximum atomic E-state index is 11.7. The van der Waals surface area contributed by atoms with Gasteiger partial charge in [-0.25, -0.2) is 0 Å². The molecular weight excluding hydrogens is 214 g/mol. The van der Waals surface area contributed by atoms with E-state index in [1.165, 1.54) is 25.8 Å². The molecule has 2 rings (SSSR count). The molecule has 2 saturated heterocycles. The Labute approximate surface area is 104 Å². The van der Waals surface area contributed by atoms with Crippen molar-refractivity contribution < 1.29 is 4.79 Å². The van der Waals surface area contributed by atoms with E-state index in [1.54, 1.807) is 0 Å². The first-order valence-electron chi connectivity index (χ1n) is 7.03. The molecule has 2 fully saturated rings. The van der Waals surface area contributed by atoms with Crippen LogP contribution in [0.15, 0.2) is 0 Å². The Morgan fingerprint density at radius 2 is 2.29 bits per heavy atom. The van der Waals surface area contributed by atoms with Crippen molar-refractivity contribution in [3.05, 3.63) is 0 Å². The highest BCUT2D eigenvalue weighted by Crippen LogP contribution is 2.17. The zero-order valence-corrected chi connectivity index (χ0v) is 10.9. The molecule has 0 saturated carbocycles. The number of nitrogens with zero attached hydrogens (tertiary/aromatic N) is 1. The number of amides is 1. The van der Waals surface area contributed by atoms with E-state index < -0.39 is 0 Å². The van der Waals surface area contributed by atoms with E-state index in [0.29, 0.717) is 0 Å². The normalized spacial score (nSPS) is 31.2. The van der Waals surface area contributed by atoms with Crippen LogP contribution in [0.5, 0.6) is 0 Å².